The van der Waals surface area contributed by atoms with Gasteiger partial charge >= 0.3 is 5.97 Å². The Morgan fingerprint density at radius 3 is 2.68 bits per heavy atom. The summed E-state index contributed by atoms with van der Waals surface area (Å²) in [5, 5.41) is 10.1. The molecule has 1 amide bonds. The highest BCUT2D eigenvalue weighted by atomic mass is 16.5. The molecule has 0 spiro atoms. The Balaban J connectivity index is 1.95. The molecule has 1 N–H and O–H groups in total. The van der Waals surface area contributed by atoms with Crippen LogP contribution in [-0.4, -0.2) is 47.7 Å². The van der Waals surface area contributed by atoms with Crippen LogP contribution in [0.25, 0.3) is 11.0 Å². The Bertz CT molecular complexity index is 709. The van der Waals surface area contributed by atoms with E-state index in [1.165, 1.54) is 4.90 Å². The van der Waals surface area contributed by atoms with Crippen molar-refractivity contribution in [2.24, 2.45) is 0 Å². The van der Waals surface area contributed by atoms with E-state index in [2.05, 4.69) is 0 Å². The number of fused-ring (bicyclic) bond motifs is 1. The number of benzene rings is 1. The van der Waals surface area contributed by atoms with E-state index in [1.54, 1.807) is 6.07 Å². The number of carbonyl (C=O) groups excluding carboxylic acids is 1. The first-order chi connectivity index (χ1) is 10.5. The predicted octanol–water partition coefficient (Wildman–Crippen LogP) is 1.98. The van der Waals surface area contributed by atoms with E-state index in [4.69, 9.17) is 9.15 Å². The molecule has 0 saturated carbocycles. The van der Waals surface area contributed by atoms with Crippen LogP contribution in [0.2, 0.25) is 0 Å². The molecule has 0 bridgehead atoms. The Kier molecular flexibility index (Phi) is 3.62. The predicted molar refractivity (Wildman–Crippen MR) is 79.0 cm³/mol. The highest BCUT2D eigenvalue weighted by molar-refractivity contribution is 5.98. The fourth-order valence-electron chi connectivity index (χ4n) is 2.60. The Morgan fingerprint density at radius 2 is 1.95 bits per heavy atom. The van der Waals surface area contributed by atoms with E-state index in [-0.39, 0.29) is 18.9 Å². The van der Waals surface area contributed by atoms with Gasteiger partial charge in [0.1, 0.15) is 5.58 Å². The summed E-state index contributed by atoms with van der Waals surface area (Å²) >= 11 is 0. The first kappa shape index (κ1) is 14.6. The van der Waals surface area contributed by atoms with Crippen LogP contribution in [0.1, 0.15) is 21.7 Å². The molecule has 1 aliphatic heterocycles. The highest BCUT2D eigenvalue weighted by Crippen LogP contribution is 2.25. The maximum atomic E-state index is 12.6. The fourth-order valence-corrected chi connectivity index (χ4v) is 2.60. The topological polar surface area (TPSA) is 80.0 Å². The van der Waals surface area contributed by atoms with Crippen molar-refractivity contribution in [2.75, 3.05) is 19.8 Å². The summed E-state index contributed by atoms with van der Waals surface area (Å²) in [5.41, 5.74) is 2.82. The number of aryl methyl sites for hydroxylation is 2. The second-order valence-corrected chi connectivity index (χ2v) is 5.51. The Hall–Kier alpha value is -2.34. The lowest BCUT2D eigenvalue weighted by Gasteiger charge is -2.32. The molecule has 6 heteroatoms. The number of furan rings is 1. The van der Waals surface area contributed by atoms with Crippen LogP contribution in [0.4, 0.5) is 0 Å². The first-order valence-electron chi connectivity index (χ1n) is 7.09. The molecule has 1 fully saturated rings. The summed E-state index contributed by atoms with van der Waals surface area (Å²) in [5.74, 6) is -1.33. The minimum absolute atomic E-state index is 0.000478. The molecule has 116 valence electrons. The van der Waals surface area contributed by atoms with Crippen molar-refractivity contribution in [2.45, 2.75) is 19.9 Å². The number of hydrogen-bond donors (Lipinski definition) is 1. The standard InChI is InChI=1S/C16H17NO5/c1-9-5-11-7-14(22-13(11)6-10(9)2)15(18)17-3-4-21-8-12(17)16(19)20/h5-7,12H,3-4,8H2,1-2H3,(H,19,20). The SMILES string of the molecule is Cc1cc2cc(C(=O)N3CCOCC3C(=O)O)oc2cc1C. The summed E-state index contributed by atoms with van der Waals surface area (Å²) in [6, 6.07) is 4.53. The molecule has 2 aromatic rings. The quantitative estimate of drug-likeness (QED) is 0.917. The number of rotatable bonds is 2. The lowest BCUT2D eigenvalue weighted by atomic mass is 10.1. The van der Waals surface area contributed by atoms with Crippen LogP contribution in [0.5, 0.6) is 0 Å². The summed E-state index contributed by atoms with van der Waals surface area (Å²) in [6.07, 6.45) is 0. The van der Waals surface area contributed by atoms with E-state index in [1.807, 2.05) is 26.0 Å². The molecule has 0 aliphatic carbocycles. The van der Waals surface area contributed by atoms with Crippen LogP contribution in [0, 0.1) is 13.8 Å². The van der Waals surface area contributed by atoms with Gasteiger partial charge in [-0.25, -0.2) is 4.79 Å². The molecular formula is C16H17NO5. The number of amides is 1. The summed E-state index contributed by atoms with van der Waals surface area (Å²) in [7, 11) is 0. The molecule has 1 aliphatic rings. The largest absolute Gasteiger partial charge is 0.480 e. The molecule has 0 radical (unpaired) electrons. The van der Waals surface area contributed by atoms with Gasteiger partial charge in [0.2, 0.25) is 0 Å². The Morgan fingerprint density at radius 1 is 1.23 bits per heavy atom. The molecule has 6 nitrogen and oxygen atoms in total. The number of carboxylic acid groups (broad SMARTS) is 1. The van der Waals surface area contributed by atoms with Gasteiger partial charge in [0, 0.05) is 11.9 Å². The second-order valence-electron chi connectivity index (χ2n) is 5.51. The van der Waals surface area contributed by atoms with Crippen molar-refractivity contribution >= 4 is 22.8 Å². The molecule has 3 rings (SSSR count). The van der Waals surface area contributed by atoms with Crippen molar-refractivity contribution in [3.63, 3.8) is 0 Å². The van der Waals surface area contributed by atoms with Gasteiger partial charge in [0.15, 0.2) is 11.8 Å². The molecular weight excluding hydrogens is 286 g/mol. The minimum atomic E-state index is -1.07. The van der Waals surface area contributed by atoms with E-state index in [0.717, 1.165) is 16.5 Å². The van der Waals surface area contributed by atoms with Gasteiger partial charge in [-0.1, -0.05) is 0 Å². The highest BCUT2D eigenvalue weighted by Gasteiger charge is 2.34. The first-order valence-corrected chi connectivity index (χ1v) is 7.09. The number of aliphatic carboxylic acids is 1. The Labute approximate surface area is 127 Å². The molecule has 1 aromatic heterocycles. The number of nitrogens with zero attached hydrogens (tertiary/aromatic N) is 1. The molecule has 1 atom stereocenters. The van der Waals surface area contributed by atoms with E-state index < -0.39 is 17.9 Å². The van der Waals surface area contributed by atoms with Gasteiger partial charge < -0.3 is 19.2 Å². The van der Waals surface area contributed by atoms with Gasteiger partial charge in [-0.2, -0.15) is 0 Å². The van der Waals surface area contributed by atoms with Crippen molar-refractivity contribution < 1.29 is 23.8 Å². The van der Waals surface area contributed by atoms with E-state index >= 15 is 0 Å². The van der Waals surface area contributed by atoms with Crippen molar-refractivity contribution in [3.8, 4) is 0 Å². The third-order valence-corrected chi connectivity index (χ3v) is 4.02. The normalized spacial score (nSPS) is 18.6. The third-order valence-electron chi connectivity index (χ3n) is 4.02. The van der Waals surface area contributed by atoms with Crippen LogP contribution in [0.3, 0.4) is 0 Å². The fraction of sp³-hybridized carbons (Fsp3) is 0.375. The number of hydrogen-bond acceptors (Lipinski definition) is 4. The van der Waals surface area contributed by atoms with Crippen LogP contribution < -0.4 is 0 Å². The maximum Gasteiger partial charge on any atom is 0.328 e. The van der Waals surface area contributed by atoms with Gasteiger partial charge in [0.05, 0.1) is 13.2 Å². The van der Waals surface area contributed by atoms with Crippen molar-refractivity contribution in [1.29, 1.82) is 0 Å². The van der Waals surface area contributed by atoms with Crippen LogP contribution >= 0.6 is 0 Å². The lowest BCUT2D eigenvalue weighted by Crippen LogP contribution is -2.52. The van der Waals surface area contributed by atoms with Gasteiger partial charge in [-0.05, 0) is 43.2 Å². The molecule has 1 saturated heterocycles. The average Bonchev–Trinajstić information content (AvgIpc) is 2.89. The average molecular weight is 303 g/mol. The smallest absolute Gasteiger partial charge is 0.328 e. The number of carbonyl (C=O) groups is 2. The molecule has 1 unspecified atom stereocenters. The molecule has 22 heavy (non-hydrogen) atoms. The third kappa shape index (κ3) is 2.46. The second kappa shape index (κ2) is 5.46. The number of carboxylic acids is 1. The summed E-state index contributed by atoms with van der Waals surface area (Å²) in [4.78, 5) is 25.1. The maximum absolute atomic E-state index is 12.6. The van der Waals surface area contributed by atoms with Crippen LogP contribution in [-0.2, 0) is 9.53 Å². The number of ether oxygens (including phenoxy) is 1. The zero-order valence-electron chi connectivity index (χ0n) is 12.5. The molecule has 1 aromatic carbocycles. The zero-order chi connectivity index (χ0) is 15.9. The molecule has 2 heterocycles. The summed E-state index contributed by atoms with van der Waals surface area (Å²) in [6.45, 7) is 4.53. The zero-order valence-corrected chi connectivity index (χ0v) is 12.5. The van der Waals surface area contributed by atoms with Gasteiger partial charge in [0.25, 0.3) is 5.91 Å². The van der Waals surface area contributed by atoms with Gasteiger partial charge in [-0.15, -0.1) is 0 Å². The van der Waals surface area contributed by atoms with Crippen molar-refractivity contribution in [3.05, 3.63) is 35.1 Å². The lowest BCUT2D eigenvalue weighted by molar-refractivity contribution is -0.147. The van der Waals surface area contributed by atoms with Crippen LogP contribution in [0.15, 0.2) is 22.6 Å². The minimum Gasteiger partial charge on any atom is -0.480 e. The van der Waals surface area contributed by atoms with E-state index in [9.17, 15) is 14.7 Å². The van der Waals surface area contributed by atoms with Gasteiger partial charge in [-0.3, -0.25) is 4.79 Å². The summed E-state index contributed by atoms with van der Waals surface area (Å²) < 4.78 is 10.8. The monoisotopic (exact) mass is 303 g/mol. The number of morpholine rings is 1. The van der Waals surface area contributed by atoms with Crippen molar-refractivity contribution in [1.82, 2.24) is 4.90 Å². The van der Waals surface area contributed by atoms with E-state index in [0.29, 0.717) is 12.2 Å².